The lowest BCUT2D eigenvalue weighted by Gasteiger charge is -2.20. The van der Waals surface area contributed by atoms with Gasteiger partial charge in [-0.15, -0.1) is 11.3 Å². The van der Waals surface area contributed by atoms with Crippen molar-refractivity contribution in [3.8, 4) is 0 Å². The Kier molecular flexibility index (Phi) is 3.53. The standard InChI is InChI=1S/C15H14N4OS/c1-2-19(10-6-4-3-5-7-10)15(20)13-11(16)12-14(21-13)18-9-8-17-12/h3-9H,2,16H2,1H3. The van der Waals surface area contributed by atoms with Crippen LogP contribution < -0.4 is 10.6 Å². The molecule has 5 nitrogen and oxygen atoms in total. The number of anilines is 2. The molecule has 0 saturated heterocycles. The van der Waals surface area contributed by atoms with Gasteiger partial charge in [-0.1, -0.05) is 18.2 Å². The van der Waals surface area contributed by atoms with Crippen molar-refractivity contribution in [1.82, 2.24) is 9.97 Å². The average Bonchev–Trinajstić information content (AvgIpc) is 2.87. The second kappa shape index (κ2) is 5.49. The third-order valence-corrected chi connectivity index (χ3v) is 4.28. The van der Waals surface area contributed by atoms with Crippen LogP contribution in [-0.2, 0) is 0 Å². The number of aromatic nitrogens is 2. The molecule has 1 aromatic carbocycles. The predicted octanol–water partition coefficient (Wildman–Crippen LogP) is 2.94. The molecule has 3 rings (SSSR count). The number of fused-ring (bicyclic) bond motifs is 1. The quantitative estimate of drug-likeness (QED) is 0.807. The van der Waals surface area contributed by atoms with Gasteiger partial charge < -0.3 is 10.6 Å². The third kappa shape index (κ3) is 2.34. The Morgan fingerprint density at radius 2 is 1.95 bits per heavy atom. The lowest BCUT2D eigenvalue weighted by Crippen LogP contribution is -2.30. The van der Waals surface area contributed by atoms with Crippen molar-refractivity contribution in [2.45, 2.75) is 6.92 Å². The number of hydrogen-bond donors (Lipinski definition) is 1. The number of amides is 1. The molecule has 0 aliphatic heterocycles. The van der Waals surface area contributed by atoms with Crippen molar-refractivity contribution >= 4 is 39.0 Å². The van der Waals surface area contributed by atoms with E-state index in [4.69, 9.17) is 5.73 Å². The summed E-state index contributed by atoms with van der Waals surface area (Å²) in [7, 11) is 0. The van der Waals surface area contributed by atoms with E-state index in [-0.39, 0.29) is 5.91 Å². The molecule has 2 heterocycles. The number of carbonyl (C=O) groups is 1. The lowest BCUT2D eigenvalue weighted by molar-refractivity contribution is 0.0993. The molecular weight excluding hydrogens is 284 g/mol. The fraction of sp³-hybridized carbons (Fsp3) is 0.133. The zero-order chi connectivity index (χ0) is 14.8. The van der Waals surface area contributed by atoms with Crippen molar-refractivity contribution in [1.29, 1.82) is 0 Å². The average molecular weight is 298 g/mol. The van der Waals surface area contributed by atoms with Gasteiger partial charge in [0.2, 0.25) is 0 Å². The lowest BCUT2D eigenvalue weighted by atomic mass is 10.2. The van der Waals surface area contributed by atoms with Gasteiger partial charge in [-0.25, -0.2) is 9.97 Å². The van der Waals surface area contributed by atoms with Crippen LogP contribution in [0.4, 0.5) is 11.4 Å². The van der Waals surface area contributed by atoms with Crippen molar-refractivity contribution in [2.75, 3.05) is 17.2 Å². The van der Waals surface area contributed by atoms with E-state index in [9.17, 15) is 4.79 Å². The van der Waals surface area contributed by atoms with Gasteiger partial charge >= 0.3 is 0 Å². The minimum atomic E-state index is -0.119. The summed E-state index contributed by atoms with van der Waals surface area (Å²) in [6.07, 6.45) is 3.18. The van der Waals surface area contributed by atoms with Crippen LogP contribution in [0, 0.1) is 0 Å². The zero-order valence-corrected chi connectivity index (χ0v) is 12.3. The highest BCUT2D eigenvalue weighted by Gasteiger charge is 2.23. The Balaban J connectivity index is 2.05. The van der Waals surface area contributed by atoms with Crippen LogP contribution in [0.3, 0.4) is 0 Å². The monoisotopic (exact) mass is 298 g/mol. The van der Waals surface area contributed by atoms with Gasteiger partial charge in [0.05, 0.1) is 5.69 Å². The van der Waals surface area contributed by atoms with E-state index in [1.54, 1.807) is 17.3 Å². The molecule has 0 atom stereocenters. The van der Waals surface area contributed by atoms with E-state index in [0.717, 1.165) is 5.69 Å². The fourth-order valence-electron chi connectivity index (χ4n) is 2.18. The number of para-hydroxylation sites is 1. The van der Waals surface area contributed by atoms with Gasteiger partial charge in [0, 0.05) is 24.6 Å². The molecule has 2 aromatic heterocycles. The number of nitrogens with two attached hydrogens (primary N) is 1. The molecule has 6 heteroatoms. The summed E-state index contributed by atoms with van der Waals surface area (Å²) in [5.74, 6) is -0.119. The minimum Gasteiger partial charge on any atom is -0.396 e. The number of nitrogens with zero attached hydrogens (tertiary/aromatic N) is 3. The van der Waals surface area contributed by atoms with E-state index in [0.29, 0.717) is 27.5 Å². The molecule has 0 aliphatic carbocycles. The van der Waals surface area contributed by atoms with Crippen LogP contribution in [0.1, 0.15) is 16.6 Å². The number of thiophene rings is 1. The summed E-state index contributed by atoms with van der Waals surface area (Å²) < 4.78 is 0. The van der Waals surface area contributed by atoms with Gasteiger partial charge in [-0.2, -0.15) is 0 Å². The molecule has 1 amide bonds. The second-order valence-corrected chi connectivity index (χ2v) is 5.44. The molecule has 0 bridgehead atoms. The number of rotatable bonds is 3. The number of benzene rings is 1. The third-order valence-electron chi connectivity index (χ3n) is 3.19. The molecule has 3 aromatic rings. The molecule has 106 valence electrons. The van der Waals surface area contributed by atoms with Crippen LogP contribution >= 0.6 is 11.3 Å². The second-order valence-electron chi connectivity index (χ2n) is 4.44. The molecular formula is C15H14N4OS. The summed E-state index contributed by atoms with van der Waals surface area (Å²) in [6.45, 7) is 2.50. The fourth-order valence-corrected chi connectivity index (χ4v) is 3.15. The Morgan fingerprint density at radius 1 is 1.24 bits per heavy atom. The van der Waals surface area contributed by atoms with E-state index in [1.165, 1.54) is 11.3 Å². The van der Waals surface area contributed by atoms with Gasteiger partial charge in [0.15, 0.2) is 0 Å². The minimum absolute atomic E-state index is 0.119. The van der Waals surface area contributed by atoms with Crippen LogP contribution in [0.25, 0.3) is 10.3 Å². The first-order valence-electron chi connectivity index (χ1n) is 6.58. The van der Waals surface area contributed by atoms with Crippen LogP contribution in [-0.4, -0.2) is 22.4 Å². The summed E-state index contributed by atoms with van der Waals surface area (Å²) in [5, 5.41) is 0. The largest absolute Gasteiger partial charge is 0.396 e. The first-order chi connectivity index (χ1) is 10.2. The highest BCUT2D eigenvalue weighted by atomic mass is 32.1. The molecule has 0 unspecified atom stereocenters. The van der Waals surface area contributed by atoms with E-state index < -0.39 is 0 Å². The van der Waals surface area contributed by atoms with Gasteiger partial charge in [0.1, 0.15) is 15.2 Å². The highest BCUT2D eigenvalue weighted by molar-refractivity contribution is 7.21. The molecule has 0 aliphatic rings. The maximum atomic E-state index is 12.8. The summed E-state index contributed by atoms with van der Waals surface area (Å²) in [5.41, 5.74) is 7.92. The van der Waals surface area contributed by atoms with Crippen LogP contribution in [0.5, 0.6) is 0 Å². The Labute approximate surface area is 126 Å². The summed E-state index contributed by atoms with van der Waals surface area (Å²) in [4.78, 5) is 24.0. The SMILES string of the molecule is CCN(C(=O)c1sc2nccnc2c1N)c1ccccc1. The number of carbonyl (C=O) groups excluding carboxylic acids is 1. The first-order valence-corrected chi connectivity index (χ1v) is 7.40. The van der Waals surface area contributed by atoms with Crippen molar-refractivity contribution < 1.29 is 4.79 Å². The van der Waals surface area contributed by atoms with Crippen LogP contribution in [0.15, 0.2) is 42.7 Å². The number of hydrogen-bond acceptors (Lipinski definition) is 5. The van der Waals surface area contributed by atoms with E-state index in [1.807, 2.05) is 37.3 Å². The molecule has 2 N–H and O–H groups in total. The number of nitrogen functional groups attached to an aromatic ring is 1. The van der Waals surface area contributed by atoms with Crippen LogP contribution in [0.2, 0.25) is 0 Å². The van der Waals surface area contributed by atoms with E-state index in [2.05, 4.69) is 9.97 Å². The topological polar surface area (TPSA) is 72.1 Å². The predicted molar refractivity (Wildman–Crippen MR) is 85.6 cm³/mol. The van der Waals surface area contributed by atoms with Crippen molar-refractivity contribution in [3.63, 3.8) is 0 Å². The Bertz CT molecular complexity index is 785. The molecule has 0 fully saturated rings. The molecule has 0 spiro atoms. The maximum absolute atomic E-state index is 12.8. The van der Waals surface area contributed by atoms with Gasteiger partial charge in [-0.3, -0.25) is 4.79 Å². The first kappa shape index (κ1) is 13.5. The molecule has 21 heavy (non-hydrogen) atoms. The smallest absolute Gasteiger partial charge is 0.270 e. The van der Waals surface area contributed by atoms with Gasteiger partial charge in [0.25, 0.3) is 5.91 Å². The molecule has 0 saturated carbocycles. The maximum Gasteiger partial charge on any atom is 0.270 e. The zero-order valence-electron chi connectivity index (χ0n) is 11.5. The Hall–Kier alpha value is -2.47. The highest BCUT2D eigenvalue weighted by Crippen LogP contribution is 2.32. The van der Waals surface area contributed by atoms with E-state index >= 15 is 0 Å². The normalized spacial score (nSPS) is 10.7. The van der Waals surface area contributed by atoms with Crippen molar-refractivity contribution in [2.24, 2.45) is 0 Å². The summed E-state index contributed by atoms with van der Waals surface area (Å²) >= 11 is 1.28. The summed E-state index contributed by atoms with van der Waals surface area (Å²) in [6, 6.07) is 9.54. The Morgan fingerprint density at radius 3 is 2.62 bits per heavy atom. The van der Waals surface area contributed by atoms with Crippen molar-refractivity contribution in [3.05, 3.63) is 47.6 Å². The molecule has 0 radical (unpaired) electrons. The van der Waals surface area contributed by atoms with Gasteiger partial charge in [-0.05, 0) is 19.1 Å².